The van der Waals surface area contributed by atoms with Crippen LogP contribution in [-0.4, -0.2) is 57.5 Å². The van der Waals surface area contributed by atoms with Gasteiger partial charge in [-0.1, -0.05) is 238 Å². The fraction of sp³-hybridized carbons (Fsp3) is 0.0163. The van der Waals surface area contributed by atoms with Gasteiger partial charge < -0.3 is 36.9 Å². The van der Waals surface area contributed by atoms with E-state index in [1.54, 1.807) is 0 Å². The Balaban J connectivity index is 0.000000108. The van der Waals surface area contributed by atoms with Gasteiger partial charge in [0, 0.05) is 181 Å². The lowest BCUT2D eigenvalue weighted by Crippen LogP contribution is -2.27. The molecular weight excluding hydrogens is 1650 g/mol. The van der Waals surface area contributed by atoms with Crippen LogP contribution in [0, 0.1) is 0 Å². The number of nitrogens with zero attached hydrogens (tertiary/aromatic N) is 12. The van der Waals surface area contributed by atoms with Crippen LogP contribution in [0.1, 0.15) is 34.0 Å². The third kappa shape index (κ3) is 12.6. The number of fused-ring (bicyclic) bond motifs is 21. The first-order valence-corrected chi connectivity index (χ1v) is 45.7. The van der Waals surface area contributed by atoms with Gasteiger partial charge in [-0.05, 0) is 200 Å². The molecule has 0 radical (unpaired) electrons. The van der Waals surface area contributed by atoms with Crippen LogP contribution in [0.15, 0.2) is 452 Å². The first-order valence-electron chi connectivity index (χ1n) is 45.7. The SMILES string of the molecule is C=CC1C(/C=C/n2c3ccccc3c3ccccc32)c2cnccc2N1c1ccc(-n2c3ccccc3c3ccccc32)cc1.C=Cc1c(/C=C/n2c3ccccc3c3ccccc32)c2ccncc2n1-c1ccc(-n2c3ccccc3c3ccccc32)cc1.C=Cc1c(C=C)n(-c2ccc(-n3c4ccc(-n5c6ccccc6c6ccccc65)cc4c4cccnc43)cc2)c2ccccc12. The lowest BCUT2D eigenvalue weighted by atomic mass is 9.96. The van der Waals surface area contributed by atoms with Crippen molar-refractivity contribution in [2.24, 2.45) is 0 Å². The highest BCUT2D eigenvalue weighted by Gasteiger charge is 2.37. The van der Waals surface area contributed by atoms with Crippen LogP contribution in [0.2, 0.25) is 0 Å². The molecule has 0 bridgehead atoms. The molecule has 0 amide bonds. The van der Waals surface area contributed by atoms with E-state index in [2.05, 4.69) is 484 Å². The fourth-order valence-electron chi connectivity index (χ4n) is 21.6. The predicted octanol–water partition coefficient (Wildman–Crippen LogP) is 31.3. The minimum Gasteiger partial charge on any atom is -0.333 e. The molecule has 12 heteroatoms. The smallest absolute Gasteiger partial charge is 0.145 e. The topological polar surface area (TPSA) is 81.4 Å². The Hall–Kier alpha value is -18.1. The van der Waals surface area contributed by atoms with E-state index in [1.165, 1.54) is 120 Å². The van der Waals surface area contributed by atoms with Crippen molar-refractivity contribution in [3.63, 3.8) is 0 Å². The second-order valence-corrected chi connectivity index (χ2v) is 34.4. The second kappa shape index (κ2) is 32.5. The van der Waals surface area contributed by atoms with Crippen LogP contribution in [0.25, 0.3) is 224 Å². The van der Waals surface area contributed by atoms with Crippen molar-refractivity contribution in [3.8, 4) is 34.1 Å². The molecule has 26 aromatic rings. The number of para-hydroxylation sites is 11. The summed E-state index contributed by atoms with van der Waals surface area (Å²) in [7, 11) is 0. The summed E-state index contributed by atoms with van der Waals surface area (Å²) in [4.78, 5) is 16.3. The van der Waals surface area contributed by atoms with E-state index in [4.69, 9.17) is 4.98 Å². The summed E-state index contributed by atoms with van der Waals surface area (Å²) in [5, 5.41) is 17.2. The zero-order valence-corrected chi connectivity index (χ0v) is 73.7. The molecule has 12 heterocycles. The van der Waals surface area contributed by atoms with Crippen molar-refractivity contribution in [1.82, 2.24) is 51.5 Å². The van der Waals surface area contributed by atoms with Gasteiger partial charge >= 0.3 is 0 Å². The van der Waals surface area contributed by atoms with Crippen LogP contribution in [0.5, 0.6) is 0 Å². The largest absolute Gasteiger partial charge is 0.333 e. The van der Waals surface area contributed by atoms with E-state index >= 15 is 0 Å². The molecule has 0 N–H and O–H groups in total. The monoisotopic (exact) mass is 1730 g/mol. The summed E-state index contributed by atoms with van der Waals surface area (Å²) < 4.78 is 18.4. The molecule has 2 atom stereocenters. The minimum atomic E-state index is 0.0348. The maximum Gasteiger partial charge on any atom is 0.145 e. The molecule has 0 aliphatic carbocycles. The van der Waals surface area contributed by atoms with Gasteiger partial charge in [-0.15, -0.1) is 6.58 Å². The molecule has 1 aliphatic rings. The maximum atomic E-state index is 4.88. The predicted molar refractivity (Wildman–Crippen MR) is 569 cm³/mol. The van der Waals surface area contributed by atoms with Gasteiger partial charge in [-0.3, -0.25) is 14.5 Å². The van der Waals surface area contributed by atoms with Gasteiger partial charge in [0.25, 0.3) is 0 Å². The molecule has 1 aliphatic heterocycles. The van der Waals surface area contributed by atoms with E-state index in [0.717, 1.165) is 106 Å². The van der Waals surface area contributed by atoms with Crippen molar-refractivity contribution in [2.75, 3.05) is 4.90 Å². The van der Waals surface area contributed by atoms with Gasteiger partial charge in [0.05, 0.1) is 95.3 Å². The van der Waals surface area contributed by atoms with Crippen molar-refractivity contribution in [1.29, 1.82) is 0 Å². The summed E-state index contributed by atoms with van der Waals surface area (Å²) in [6.45, 7) is 16.8. The quantitative estimate of drug-likeness (QED) is 0.0958. The van der Waals surface area contributed by atoms with Gasteiger partial charge in [0.1, 0.15) is 5.65 Å². The van der Waals surface area contributed by atoms with Crippen molar-refractivity contribution in [3.05, 3.63) is 480 Å². The van der Waals surface area contributed by atoms with E-state index < -0.39 is 0 Å². The molecule has 2 unspecified atom stereocenters. The lowest BCUT2D eigenvalue weighted by molar-refractivity contribution is 0.753. The average molecular weight is 1730 g/mol. The Labute approximate surface area is 777 Å². The van der Waals surface area contributed by atoms with E-state index in [1.807, 2.05) is 55.3 Å². The summed E-state index contributed by atoms with van der Waals surface area (Å²) in [6.07, 6.45) is 26.4. The Kier molecular flexibility index (Phi) is 19.0. The van der Waals surface area contributed by atoms with Crippen LogP contribution >= 0.6 is 0 Å². The molecule has 0 spiro atoms. The maximum absolute atomic E-state index is 4.88. The Bertz CT molecular complexity index is 9100. The van der Waals surface area contributed by atoms with E-state index in [-0.39, 0.29) is 12.0 Å². The average Bonchev–Trinajstić information content (AvgIpc) is 1.57. The molecule has 0 saturated carbocycles. The zero-order chi connectivity index (χ0) is 89.9. The third-order valence-electron chi connectivity index (χ3n) is 27.4. The molecule has 0 fully saturated rings. The van der Waals surface area contributed by atoms with E-state index in [9.17, 15) is 0 Å². The normalized spacial score (nSPS) is 13.4. The fourth-order valence-corrected chi connectivity index (χ4v) is 21.6. The lowest BCUT2D eigenvalue weighted by Gasteiger charge is -2.27. The van der Waals surface area contributed by atoms with Crippen LogP contribution in [-0.2, 0) is 0 Å². The Morgan fingerprint density at radius 3 is 1.02 bits per heavy atom. The summed E-state index contributed by atoms with van der Waals surface area (Å²) >= 11 is 0. The summed E-state index contributed by atoms with van der Waals surface area (Å²) in [6, 6.07) is 136. The summed E-state index contributed by atoms with van der Waals surface area (Å²) in [5.41, 5.74) is 30.6. The van der Waals surface area contributed by atoms with Crippen LogP contribution < -0.4 is 4.90 Å². The number of aromatic nitrogens is 11. The number of pyridine rings is 3. The van der Waals surface area contributed by atoms with Crippen molar-refractivity contribution < 1.29 is 0 Å². The van der Waals surface area contributed by atoms with Crippen LogP contribution in [0.3, 0.4) is 0 Å². The first-order chi connectivity index (χ1) is 66.9. The molecule has 27 rings (SSSR count). The highest BCUT2D eigenvalue weighted by molar-refractivity contribution is 6.15. The zero-order valence-electron chi connectivity index (χ0n) is 73.7. The van der Waals surface area contributed by atoms with Gasteiger partial charge in [0.2, 0.25) is 0 Å². The van der Waals surface area contributed by atoms with Crippen LogP contribution in [0.4, 0.5) is 11.4 Å². The minimum absolute atomic E-state index is 0.0348. The Morgan fingerprint density at radius 2 is 0.578 bits per heavy atom. The van der Waals surface area contributed by atoms with Crippen molar-refractivity contribution in [2.45, 2.75) is 12.0 Å². The molecule has 135 heavy (non-hydrogen) atoms. The standard InChI is InChI=1S/C41H28N4.C41H30N4.C41H28N4/c1-3-30-31-12-5-8-16-37(31)43(36(30)4-2)27-19-21-28(22-20-27)45-40-24-23-29(26-35(40)34-15-11-25-42-41(34)45)44-38-17-9-6-13-32(38)33-14-7-10-18-39(33)44;1-2-36-34(24-26-43-37-15-7-3-11-30(37)31-12-4-8-16-38(31)43)35-27-42-25-23-41(35)44(36)28-19-21-29(22-20-28)45-39-17-9-5-13-32(39)33-14-6-10-18-40(33)45;1-2-36-35(24-26-43-37-15-7-3-11-30(37)31-12-4-8-16-38(31)43)34-23-25-42-27-41(34)44(36)28-19-21-29(22-20-28)45-39-17-9-5-13-32(39)33-14-6-10-18-40(33)45/h3-26H,1-2H2;2-27,34,36H,1H2;2-27H,1H2/b;2*26-24+. The second-order valence-electron chi connectivity index (χ2n) is 34.4. The molecule has 12 nitrogen and oxygen atoms in total. The molecule has 15 aromatic carbocycles. The molecule has 638 valence electrons. The molecule has 11 aromatic heterocycles. The third-order valence-corrected chi connectivity index (χ3v) is 27.4. The number of hydrogen-bond acceptors (Lipinski definition) is 4. The number of hydrogen-bond donors (Lipinski definition) is 0. The highest BCUT2D eigenvalue weighted by atomic mass is 15.2. The first kappa shape index (κ1) is 79.1. The van der Waals surface area contributed by atoms with Crippen molar-refractivity contribution >= 4 is 201 Å². The van der Waals surface area contributed by atoms with Gasteiger partial charge in [-0.25, -0.2) is 4.98 Å². The summed E-state index contributed by atoms with van der Waals surface area (Å²) in [5.74, 6) is 0.0862. The number of rotatable bonds is 15. The highest BCUT2D eigenvalue weighted by Crippen LogP contribution is 2.48. The molecular formula is C123H86N12. The van der Waals surface area contributed by atoms with Gasteiger partial charge in [0.15, 0.2) is 0 Å². The number of benzene rings is 15. The molecule has 0 saturated heterocycles. The Morgan fingerprint density at radius 1 is 0.244 bits per heavy atom. The number of anilines is 2. The van der Waals surface area contributed by atoms with Gasteiger partial charge in [-0.2, -0.15) is 0 Å². The van der Waals surface area contributed by atoms with E-state index in [0.29, 0.717) is 0 Å².